The summed E-state index contributed by atoms with van der Waals surface area (Å²) in [6, 6.07) is 11.2. The van der Waals surface area contributed by atoms with Gasteiger partial charge >= 0.3 is 0 Å². The third kappa shape index (κ3) is 3.82. The van der Waals surface area contributed by atoms with E-state index in [2.05, 4.69) is 5.32 Å². The number of carbonyl (C=O) groups is 1. The molecule has 0 radical (unpaired) electrons. The van der Waals surface area contributed by atoms with Crippen molar-refractivity contribution in [2.45, 2.75) is 11.8 Å². The molecule has 0 aliphatic heterocycles. The largest absolute Gasteiger partial charge is 0.399 e. The Labute approximate surface area is 123 Å². The van der Waals surface area contributed by atoms with E-state index in [0.717, 1.165) is 11.8 Å². The van der Waals surface area contributed by atoms with Crippen molar-refractivity contribution < 1.29 is 13.2 Å². The normalized spacial score (nSPS) is 11.1. The van der Waals surface area contributed by atoms with E-state index in [1.54, 1.807) is 30.3 Å². The minimum atomic E-state index is -3.31. The Kier molecular flexibility index (Phi) is 3.99. The number of benzene rings is 2. The van der Waals surface area contributed by atoms with Gasteiger partial charge in [0.05, 0.1) is 4.90 Å². The van der Waals surface area contributed by atoms with Gasteiger partial charge in [-0.2, -0.15) is 0 Å². The van der Waals surface area contributed by atoms with Crippen LogP contribution < -0.4 is 11.1 Å². The fourth-order valence-electron chi connectivity index (χ4n) is 1.95. The number of carbonyl (C=O) groups excluding carboxylic acids is 1. The smallest absolute Gasteiger partial charge is 0.255 e. The zero-order valence-electron chi connectivity index (χ0n) is 11.8. The highest BCUT2D eigenvalue weighted by molar-refractivity contribution is 7.90. The molecule has 0 saturated heterocycles. The molecule has 6 heteroatoms. The zero-order valence-corrected chi connectivity index (χ0v) is 12.6. The van der Waals surface area contributed by atoms with Gasteiger partial charge in [-0.15, -0.1) is 0 Å². The van der Waals surface area contributed by atoms with Gasteiger partial charge in [0.15, 0.2) is 9.84 Å². The highest BCUT2D eigenvalue weighted by Crippen LogP contribution is 2.17. The number of nitrogens with one attached hydrogen (secondary N) is 1. The van der Waals surface area contributed by atoms with Gasteiger partial charge in [-0.05, 0) is 48.9 Å². The Bertz CT molecular complexity index is 778. The Morgan fingerprint density at radius 3 is 2.48 bits per heavy atom. The Morgan fingerprint density at radius 1 is 1.14 bits per heavy atom. The second-order valence-corrected chi connectivity index (χ2v) is 6.90. The predicted octanol–water partition coefficient (Wildman–Crippen LogP) is 2.23. The molecule has 0 saturated carbocycles. The standard InChI is InChI=1S/C15H16N2O3S/c1-10-6-11(8-12(16)7-10)15(18)17-13-4-3-5-14(9-13)21(2,19)20/h3-9H,16H2,1-2H3,(H,17,18). The number of hydrogen-bond donors (Lipinski definition) is 2. The lowest BCUT2D eigenvalue weighted by Gasteiger charge is -2.08. The van der Waals surface area contributed by atoms with E-state index in [9.17, 15) is 13.2 Å². The van der Waals surface area contributed by atoms with Crippen LogP contribution in [0, 0.1) is 6.92 Å². The van der Waals surface area contributed by atoms with Gasteiger partial charge in [-0.3, -0.25) is 4.79 Å². The van der Waals surface area contributed by atoms with Crippen LogP contribution in [0.25, 0.3) is 0 Å². The van der Waals surface area contributed by atoms with E-state index in [1.165, 1.54) is 12.1 Å². The summed E-state index contributed by atoms with van der Waals surface area (Å²) >= 11 is 0. The second kappa shape index (κ2) is 5.57. The predicted molar refractivity (Wildman–Crippen MR) is 83.1 cm³/mol. The lowest BCUT2D eigenvalue weighted by molar-refractivity contribution is 0.102. The van der Waals surface area contributed by atoms with E-state index >= 15 is 0 Å². The van der Waals surface area contributed by atoms with Crippen molar-refractivity contribution in [3.8, 4) is 0 Å². The number of anilines is 2. The Morgan fingerprint density at radius 2 is 1.86 bits per heavy atom. The third-order valence-electron chi connectivity index (χ3n) is 2.88. The number of sulfone groups is 1. The molecule has 0 aliphatic carbocycles. The molecule has 2 rings (SSSR count). The summed E-state index contributed by atoms with van der Waals surface area (Å²) in [6.45, 7) is 1.84. The van der Waals surface area contributed by atoms with E-state index < -0.39 is 9.84 Å². The number of amides is 1. The quantitative estimate of drug-likeness (QED) is 0.851. The molecular formula is C15H16N2O3S. The van der Waals surface area contributed by atoms with Crippen LogP contribution in [0.15, 0.2) is 47.4 Å². The molecule has 2 aromatic carbocycles. The topological polar surface area (TPSA) is 89.3 Å². The van der Waals surface area contributed by atoms with Gasteiger partial charge < -0.3 is 11.1 Å². The first-order valence-electron chi connectivity index (χ1n) is 6.24. The van der Waals surface area contributed by atoms with Gasteiger partial charge in [-0.25, -0.2) is 8.42 Å². The second-order valence-electron chi connectivity index (χ2n) is 4.89. The maximum absolute atomic E-state index is 12.2. The fourth-order valence-corrected chi connectivity index (χ4v) is 2.62. The minimum absolute atomic E-state index is 0.157. The van der Waals surface area contributed by atoms with Gasteiger partial charge in [0.1, 0.15) is 0 Å². The van der Waals surface area contributed by atoms with Gasteiger partial charge in [0.2, 0.25) is 0 Å². The summed E-state index contributed by atoms with van der Waals surface area (Å²) in [5.41, 5.74) is 7.94. The molecule has 0 atom stereocenters. The van der Waals surface area contributed by atoms with Crippen molar-refractivity contribution in [2.75, 3.05) is 17.3 Å². The SMILES string of the molecule is Cc1cc(N)cc(C(=O)Nc2cccc(S(C)(=O)=O)c2)c1. The molecule has 0 heterocycles. The van der Waals surface area contributed by atoms with E-state index in [0.29, 0.717) is 16.9 Å². The van der Waals surface area contributed by atoms with Crippen molar-refractivity contribution in [2.24, 2.45) is 0 Å². The van der Waals surface area contributed by atoms with Gasteiger partial charge in [0, 0.05) is 23.2 Å². The summed E-state index contributed by atoms with van der Waals surface area (Å²) in [4.78, 5) is 12.3. The molecule has 0 spiro atoms. The van der Waals surface area contributed by atoms with Crippen LogP contribution >= 0.6 is 0 Å². The summed E-state index contributed by atoms with van der Waals surface area (Å²) in [7, 11) is -3.31. The summed E-state index contributed by atoms with van der Waals surface area (Å²) in [6.07, 6.45) is 1.12. The van der Waals surface area contributed by atoms with Crippen molar-refractivity contribution in [1.82, 2.24) is 0 Å². The van der Waals surface area contributed by atoms with E-state index in [1.807, 2.05) is 6.92 Å². The van der Waals surface area contributed by atoms with Crippen molar-refractivity contribution >= 4 is 27.1 Å². The molecule has 0 aliphatic rings. The number of hydrogen-bond acceptors (Lipinski definition) is 4. The lowest BCUT2D eigenvalue weighted by Crippen LogP contribution is -2.13. The molecular weight excluding hydrogens is 288 g/mol. The maximum atomic E-state index is 12.2. The molecule has 0 fully saturated rings. The molecule has 1 amide bonds. The minimum Gasteiger partial charge on any atom is -0.399 e. The van der Waals surface area contributed by atoms with Crippen LogP contribution in [0.4, 0.5) is 11.4 Å². The molecule has 3 N–H and O–H groups in total. The summed E-state index contributed by atoms with van der Waals surface area (Å²) in [5, 5.41) is 2.67. The molecule has 110 valence electrons. The molecule has 0 bridgehead atoms. The molecule has 2 aromatic rings. The van der Waals surface area contributed by atoms with Crippen molar-refractivity contribution in [3.05, 3.63) is 53.6 Å². The first-order valence-corrected chi connectivity index (χ1v) is 8.13. The highest BCUT2D eigenvalue weighted by atomic mass is 32.2. The first-order chi connectivity index (χ1) is 9.75. The number of rotatable bonds is 3. The van der Waals surface area contributed by atoms with Crippen LogP contribution in [-0.4, -0.2) is 20.6 Å². The van der Waals surface area contributed by atoms with Crippen LogP contribution in [-0.2, 0) is 9.84 Å². The Balaban J connectivity index is 2.28. The van der Waals surface area contributed by atoms with E-state index in [-0.39, 0.29) is 10.8 Å². The lowest BCUT2D eigenvalue weighted by atomic mass is 10.1. The summed E-state index contributed by atoms with van der Waals surface area (Å²) in [5.74, 6) is -0.337. The van der Waals surface area contributed by atoms with Gasteiger partial charge in [0.25, 0.3) is 5.91 Å². The van der Waals surface area contributed by atoms with Crippen molar-refractivity contribution in [1.29, 1.82) is 0 Å². The Hall–Kier alpha value is -2.34. The first kappa shape index (κ1) is 15.1. The monoisotopic (exact) mass is 304 g/mol. The van der Waals surface area contributed by atoms with Crippen LogP contribution in [0.3, 0.4) is 0 Å². The zero-order chi connectivity index (χ0) is 15.6. The molecule has 0 aromatic heterocycles. The van der Waals surface area contributed by atoms with E-state index in [4.69, 9.17) is 5.73 Å². The number of nitrogens with two attached hydrogens (primary N) is 1. The average Bonchev–Trinajstić information content (AvgIpc) is 2.37. The van der Waals surface area contributed by atoms with Gasteiger partial charge in [-0.1, -0.05) is 6.07 Å². The number of nitrogen functional groups attached to an aromatic ring is 1. The average molecular weight is 304 g/mol. The maximum Gasteiger partial charge on any atom is 0.255 e. The molecule has 5 nitrogen and oxygen atoms in total. The molecule has 21 heavy (non-hydrogen) atoms. The van der Waals surface area contributed by atoms with Crippen LogP contribution in [0.2, 0.25) is 0 Å². The summed E-state index contributed by atoms with van der Waals surface area (Å²) < 4.78 is 23.0. The highest BCUT2D eigenvalue weighted by Gasteiger charge is 2.11. The fraction of sp³-hybridized carbons (Fsp3) is 0.133. The van der Waals surface area contributed by atoms with Crippen molar-refractivity contribution in [3.63, 3.8) is 0 Å². The molecule has 0 unspecified atom stereocenters. The van der Waals surface area contributed by atoms with Crippen LogP contribution in [0.1, 0.15) is 15.9 Å². The third-order valence-corrected chi connectivity index (χ3v) is 3.99. The number of aryl methyl sites for hydroxylation is 1. The van der Waals surface area contributed by atoms with Crippen LogP contribution in [0.5, 0.6) is 0 Å².